The van der Waals surface area contributed by atoms with Crippen LogP contribution in [0, 0.1) is 0 Å². The SMILES string of the molecule is CCSc1ccc2c(c1)NCC(C)(C)O2. The van der Waals surface area contributed by atoms with Gasteiger partial charge >= 0.3 is 0 Å². The molecule has 0 aromatic heterocycles. The van der Waals surface area contributed by atoms with Crippen LogP contribution in [0.3, 0.4) is 0 Å². The average molecular weight is 223 g/mol. The van der Waals surface area contributed by atoms with Crippen LogP contribution in [0.2, 0.25) is 0 Å². The van der Waals surface area contributed by atoms with Crippen LogP contribution in [0.15, 0.2) is 23.1 Å². The van der Waals surface area contributed by atoms with E-state index in [1.165, 1.54) is 4.90 Å². The van der Waals surface area contributed by atoms with E-state index in [0.717, 1.165) is 23.7 Å². The lowest BCUT2D eigenvalue weighted by atomic mass is 10.1. The lowest BCUT2D eigenvalue weighted by Gasteiger charge is -2.33. The highest BCUT2D eigenvalue weighted by Gasteiger charge is 2.25. The summed E-state index contributed by atoms with van der Waals surface area (Å²) in [5.74, 6) is 2.07. The monoisotopic (exact) mass is 223 g/mol. The Kier molecular flexibility index (Phi) is 2.83. The number of hydrogen-bond acceptors (Lipinski definition) is 3. The van der Waals surface area contributed by atoms with Gasteiger partial charge in [0.05, 0.1) is 12.2 Å². The number of hydrogen-bond donors (Lipinski definition) is 1. The van der Waals surface area contributed by atoms with E-state index in [4.69, 9.17) is 4.74 Å². The second-order valence-electron chi connectivity index (χ2n) is 4.31. The van der Waals surface area contributed by atoms with Gasteiger partial charge in [0.15, 0.2) is 0 Å². The minimum absolute atomic E-state index is 0.105. The predicted octanol–water partition coefficient (Wildman–Crippen LogP) is 3.38. The molecule has 0 saturated carbocycles. The molecule has 1 heterocycles. The van der Waals surface area contributed by atoms with E-state index in [9.17, 15) is 0 Å². The molecule has 0 saturated heterocycles. The Hall–Kier alpha value is -0.830. The summed E-state index contributed by atoms with van der Waals surface area (Å²) >= 11 is 1.85. The summed E-state index contributed by atoms with van der Waals surface area (Å²) in [5, 5.41) is 3.41. The van der Waals surface area contributed by atoms with Gasteiger partial charge in [-0.2, -0.15) is 0 Å². The van der Waals surface area contributed by atoms with E-state index in [1.807, 2.05) is 11.8 Å². The van der Waals surface area contributed by atoms with E-state index < -0.39 is 0 Å². The summed E-state index contributed by atoms with van der Waals surface area (Å²) in [7, 11) is 0. The van der Waals surface area contributed by atoms with Crippen LogP contribution < -0.4 is 10.1 Å². The number of anilines is 1. The third-order valence-corrected chi connectivity index (χ3v) is 3.23. The predicted molar refractivity (Wildman–Crippen MR) is 66.0 cm³/mol. The molecule has 0 unspecified atom stereocenters. The van der Waals surface area contributed by atoms with Crippen molar-refractivity contribution in [3.63, 3.8) is 0 Å². The highest BCUT2D eigenvalue weighted by molar-refractivity contribution is 7.99. The van der Waals surface area contributed by atoms with Gasteiger partial charge in [-0.25, -0.2) is 0 Å². The Labute approximate surface area is 95.4 Å². The molecule has 15 heavy (non-hydrogen) atoms. The van der Waals surface area contributed by atoms with Crippen molar-refractivity contribution < 1.29 is 4.74 Å². The Bertz CT molecular complexity index is 363. The van der Waals surface area contributed by atoms with Crippen molar-refractivity contribution in [3.8, 4) is 5.75 Å². The molecule has 0 bridgehead atoms. The van der Waals surface area contributed by atoms with Crippen LogP contribution in [-0.4, -0.2) is 17.9 Å². The van der Waals surface area contributed by atoms with Crippen LogP contribution in [0.1, 0.15) is 20.8 Å². The molecule has 0 fully saturated rings. The Morgan fingerprint density at radius 3 is 3.00 bits per heavy atom. The molecule has 0 amide bonds. The first-order valence-electron chi connectivity index (χ1n) is 5.30. The van der Waals surface area contributed by atoms with E-state index >= 15 is 0 Å². The summed E-state index contributed by atoms with van der Waals surface area (Å²) in [6.45, 7) is 7.21. The summed E-state index contributed by atoms with van der Waals surface area (Å²) in [6, 6.07) is 6.34. The lowest BCUT2D eigenvalue weighted by Crippen LogP contribution is -2.39. The van der Waals surface area contributed by atoms with Gasteiger partial charge in [-0.15, -0.1) is 11.8 Å². The maximum Gasteiger partial charge on any atom is 0.143 e. The fourth-order valence-corrected chi connectivity index (χ4v) is 2.33. The van der Waals surface area contributed by atoms with E-state index in [-0.39, 0.29) is 5.60 Å². The molecular formula is C12H17NOS. The van der Waals surface area contributed by atoms with Gasteiger partial charge < -0.3 is 10.1 Å². The van der Waals surface area contributed by atoms with E-state index in [2.05, 4.69) is 44.3 Å². The second kappa shape index (κ2) is 3.97. The quantitative estimate of drug-likeness (QED) is 0.777. The molecule has 3 heteroatoms. The van der Waals surface area contributed by atoms with Crippen LogP contribution in [0.25, 0.3) is 0 Å². The molecule has 1 aromatic rings. The van der Waals surface area contributed by atoms with Crippen molar-refractivity contribution in [1.82, 2.24) is 0 Å². The summed E-state index contributed by atoms with van der Waals surface area (Å²) < 4.78 is 5.88. The summed E-state index contributed by atoms with van der Waals surface area (Å²) in [5.41, 5.74) is 1.01. The van der Waals surface area contributed by atoms with Crippen molar-refractivity contribution in [2.75, 3.05) is 17.6 Å². The van der Waals surface area contributed by atoms with Gasteiger partial charge in [-0.05, 0) is 37.8 Å². The highest BCUT2D eigenvalue weighted by atomic mass is 32.2. The molecule has 0 aliphatic carbocycles. The first-order chi connectivity index (χ1) is 7.11. The van der Waals surface area contributed by atoms with Gasteiger partial charge in [0.2, 0.25) is 0 Å². The number of nitrogens with one attached hydrogen (secondary N) is 1. The standard InChI is InChI=1S/C12H17NOS/c1-4-15-9-5-6-11-10(7-9)13-8-12(2,3)14-11/h5-7,13H,4,8H2,1-3H3. The van der Waals surface area contributed by atoms with Crippen molar-refractivity contribution in [2.45, 2.75) is 31.3 Å². The fourth-order valence-electron chi connectivity index (χ4n) is 1.63. The third-order valence-electron chi connectivity index (χ3n) is 2.35. The Morgan fingerprint density at radius 1 is 1.47 bits per heavy atom. The fraction of sp³-hybridized carbons (Fsp3) is 0.500. The number of rotatable bonds is 2. The van der Waals surface area contributed by atoms with Crippen molar-refractivity contribution >= 4 is 17.4 Å². The zero-order valence-corrected chi connectivity index (χ0v) is 10.3. The summed E-state index contributed by atoms with van der Waals surface area (Å²) in [6.07, 6.45) is 0. The smallest absolute Gasteiger partial charge is 0.143 e. The van der Waals surface area contributed by atoms with Crippen molar-refractivity contribution in [3.05, 3.63) is 18.2 Å². The molecule has 0 spiro atoms. The first-order valence-corrected chi connectivity index (χ1v) is 6.29. The van der Waals surface area contributed by atoms with Gasteiger partial charge in [-0.1, -0.05) is 6.92 Å². The maximum atomic E-state index is 5.88. The van der Waals surface area contributed by atoms with Gasteiger partial charge in [0.1, 0.15) is 11.4 Å². The minimum atomic E-state index is -0.105. The number of thioether (sulfide) groups is 1. The largest absolute Gasteiger partial charge is 0.484 e. The molecule has 2 nitrogen and oxygen atoms in total. The molecule has 2 rings (SSSR count). The van der Waals surface area contributed by atoms with Crippen molar-refractivity contribution in [2.24, 2.45) is 0 Å². The van der Waals surface area contributed by atoms with Gasteiger partial charge in [0, 0.05) is 4.90 Å². The van der Waals surface area contributed by atoms with Crippen LogP contribution in [-0.2, 0) is 0 Å². The number of benzene rings is 1. The first kappa shape index (κ1) is 10.7. The summed E-state index contributed by atoms with van der Waals surface area (Å²) in [4.78, 5) is 1.30. The Balaban J connectivity index is 2.24. The molecule has 1 aromatic carbocycles. The maximum absolute atomic E-state index is 5.88. The highest BCUT2D eigenvalue weighted by Crippen LogP contribution is 2.35. The Morgan fingerprint density at radius 2 is 2.27 bits per heavy atom. The van der Waals surface area contributed by atoms with Crippen molar-refractivity contribution in [1.29, 1.82) is 0 Å². The third kappa shape index (κ3) is 2.40. The molecule has 1 aliphatic heterocycles. The zero-order valence-electron chi connectivity index (χ0n) is 9.46. The number of ether oxygens (including phenoxy) is 1. The zero-order chi connectivity index (χ0) is 10.9. The molecular weight excluding hydrogens is 206 g/mol. The van der Waals surface area contributed by atoms with Gasteiger partial charge in [0.25, 0.3) is 0 Å². The van der Waals surface area contributed by atoms with Crippen LogP contribution in [0.4, 0.5) is 5.69 Å². The van der Waals surface area contributed by atoms with E-state index in [1.54, 1.807) is 0 Å². The van der Waals surface area contributed by atoms with Crippen LogP contribution in [0.5, 0.6) is 5.75 Å². The molecule has 1 aliphatic rings. The second-order valence-corrected chi connectivity index (χ2v) is 5.64. The average Bonchev–Trinajstić information content (AvgIpc) is 2.18. The lowest BCUT2D eigenvalue weighted by molar-refractivity contribution is 0.116. The topological polar surface area (TPSA) is 21.3 Å². The molecule has 1 N–H and O–H groups in total. The molecule has 82 valence electrons. The minimum Gasteiger partial charge on any atom is -0.484 e. The van der Waals surface area contributed by atoms with Crippen LogP contribution >= 0.6 is 11.8 Å². The molecule has 0 atom stereocenters. The molecule has 0 radical (unpaired) electrons. The number of fused-ring (bicyclic) bond motifs is 1. The van der Waals surface area contributed by atoms with Gasteiger partial charge in [-0.3, -0.25) is 0 Å². The normalized spacial score (nSPS) is 17.5. The van der Waals surface area contributed by atoms with E-state index in [0.29, 0.717) is 0 Å².